The third kappa shape index (κ3) is 3.64. The van der Waals surface area contributed by atoms with E-state index in [1.54, 1.807) is 0 Å². The van der Waals surface area contributed by atoms with Crippen LogP contribution in [-0.2, 0) is 0 Å². The van der Waals surface area contributed by atoms with Gasteiger partial charge in [0.25, 0.3) is 0 Å². The highest BCUT2D eigenvalue weighted by Crippen LogP contribution is 2.33. The largest absolute Gasteiger partial charge is 0.329 e. The normalized spacial score (nSPS) is 26.2. The van der Waals surface area contributed by atoms with Crippen LogP contribution in [0.5, 0.6) is 0 Å². The predicted octanol–water partition coefficient (Wildman–Crippen LogP) is 2.43. The van der Waals surface area contributed by atoms with Crippen molar-refractivity contribution in [2.75, 3.05) is 31.1 Å². The number of thioether (sulfide) groups is 1. The van der Waals surface area contributed by atoms with E-state index in [-0.39, 0.29) is 0 Å². The van der Waals surface area contributed by atoms with Crippen molar-refractivity contribution in [2.45, 2.75) is 39.7 Å². The maximum absolute atomic E-state index is 6.07. The molecule has 96 valence electrons. The van der Waals surface area contributed by atoms with Gasteiger partial charge in [0, 0.05) is 30.9 Å². The molecule has 1 heterocycles. The topological polar surface area (TPSA) is 29.3 Å². The molecule has 1 fully saturated rings. The summed E-state index contributed by atoms with van der Waals surface area (Å²) in [4.78, 5) is 2.67. The van der Waals surface area contributed by atoms with Crippen molar-refractivity contribution in [3.63, 3.8) is 0 Å². The molecule has 0 aromatic heterocycles. The van der Waals surface area contributed by atoms with E-state index in [1.165, 1.54) is 31.0 Å². The number of nitrogens with zero attached hydrogens (tertiary/aromatic N) is 1. The Kier molecular flexibility index (Phi) is 5.62. The maximum Gasteiger partial charge on any atom is 0.0429 e. The van der Waals surface area contributed by atoms with Crippen molar-refractivity contribution in [3.8, 4) is 0 Å². The third-order valence-corrected chi connectivity index (χ3v) is 4.54. The van der Waals surface area contributed by atoms with Crippen molar-refractivity contribution < 1.29 is 0 Å². The van der Waals surface area contributed by atoms with E-state index in [2.05, 4.69) is 44.4 Å². The first kappa shape index (κ1) is 14.3. The van der Waals surface area contributed by atoms with Gasteiger partial charge in [-0.2, -0.15) is 11.8 Å². The van der Waals surface area contributed by atoms with E-state index >= 15 is 0 Å². The summed E-state index contributed by atoms with van der Waals surface area (Å²) in [6, 6.07) is 0. The summed E-state index contributed by atoms with van der Waals surface area (Å²) in [5.41, 5.74) is 6.36. The molecule has 0 spiro atoms. The molecule has 0 aliphatic carbocycles. The molecule has 3 heteroatoms. The number of nitrogens with two attached hydrogens (primary N) is 1. The van der Waals surface area contributed by atoms with Gasteiger partial charge in [-0.15, -0.1) is 0 Å². The molecule has 1 atom stereocenters. The van der Waals surface area contributed by atoms with Gasteiger partial charge in [-0.3, -0.25) is 4.90 Å². The van der Waals surface area contributed by atoms with Crippen LogP contribution in [-0.4, -0.2) is 41.6 Å². The van der Waals surface area contributed by atoms with Gasteiger partial charge < -0.3 is 5.73 Å². The minimum Gasteiger partial charge on any atom is -0.329 e. The van der Waals surface area contributed by atoms with Crippen molar-refractivity contribution in [3.05, 3.63) is 0 Å². The molecule has 0 aromatic rings. The average molecular weight is 244 g/mol. The smallest absolute Gasteiger partial charge is 0.0429 e. The van der Waals surface area contributed by atoms with Gasteiger partial charge in [0.1, 0.15) is 0 Å². The van der Waals surface area contributed by atoms with E-state index in [0.717, 1.165) is 18.4 Å². The van der Waals surface area contributed by atoms with E-state index in [9.17, 15) is 0 Å². The Bertz CT molecular complexity index is 188. The zero-order valence-electron chi connectivity index (χ0n) is 11.3. The highest BCUT2D eigenvalue weighted by Gasteiger charge is 2.39. The van der Waals surface area contributed by atoms with Crippen LogP contribution in [0.4, 0.5) is 0 Å². The molecule has 0 bridgehead atoms. The summed E-state index contributed by atoms with van der Waals surface area (Å²) in [6.45, 7) is 12.4. The number of hydrogen-bond donors (Lipinski definition) is 1. The predicted molar refractivity (Wildman–Crippen MR) is 75.0 cm³/mol. The molecule has 0 radical (unpaired) electrons. The summed E-state index contributed by atoms with van der Waals surface area (Å²) < 4.78 is 0. The first-order chi connectivity index (χ1) is 7.50. The fourth-order valence-electron chi connectivity index (χ4n) is 2.48. The standard InChI is InChI=1S/C13H28N2S/c1-11(2)7-15(8-12(3)4)13(9-14)5-6-16-10-13/h11-12H,5-10,14H2,1-4H3. The molecular weight excluding hydrogens is 216 g/mol. The molecule has 1 unspecified atom stereocenters. The second kappa shape index (κ2) is 6.27. The summed E-state index contributed by atoms with van der Waals surface area (Å²) in [7, 11) is 0. The maximum atomic E-state index is 6.07. The molecule has 1 aliphatic heterocycles. The van der Waals surface area contributed by atoms with Crippen LogP contribution >= 0.6 is 11.8 Å². The molecule has 0 amide bonds. The van der Waals surface area contributed by atoms with Crippen LogP contribution in [0, 0.1) is 11.8 Å². The quantitative estimate of drug-likeness (QED) is 0.778. The first-order valence-corrected chi connectivity index (χ1v) is 7.68. The fraction of sp³-hybridized carbons (Fsp3) is 1.00. The molecule has 16 heavy (non-hydrogen) atoms. The highest BCUT2D eigenvalue weighted by molar-refractivity contribution is 7.99. The van der Waals surface area contributed by atoms with Crippen LogP contribution in [0.15, 0.2) is 0 Å². The second-order valence-corrected chi connectivity index (χ2v) is 7.03. The van der Waals surface area contributed by atoms with Crippen LogP contribution in [0.3, 0.4) is 0 Å². The van der Waals surface area contributed by atoms with Gasteiger partial charge in [-0.1, -0.05) is 27.7 Å². The Morgan fingerprint density at radius 3 is 2.06 bits per heavy atom. The van der Waals surface area contributed by atoms with E-state index < -0.39 is 0 Å². The Morgan fingerprint density at radius 2 is 1.75 bits per heavy atom. The number of hydrogen-bond acceptors (Lipinski definition) is 3. The van der Waals surface area contributed by atoms with Crippen molar-refractivity contribution in [1.29, 1.82) is 0 Å². The summed E-state index contributed by atoms with van der Waals surface area (Å²) in [5.74, 6) is 3.97. The molecule has 1 aliphatic rings. The van der Waals surface area contributed by atoms with Crippen LogP contribution in [0.1, 0.15) is 34.1 Å². The van der Waals surface area contributed by atoms with E-state index in [0.29, 0.717) is 5.54 Å². The van der Waals surface area contributed by atoms with E-state index in [1.807, 2.05) is 0 Å². The van der Waals surface area contributed by atoms with Gasteiger partial charge in [0.05, 0.1) is 0 Å². The Hall–Kier alpha value is 0.270. The second-order valence-electron chi connectivity index (χ2n) is 5.92. The minimum absolute atomic E-state index is 0.291. The fourth-order valence-corrected chi connectivity index (χ4v) is 3.97. The average Bonchev–Trinajstić information content (AvgIpc) is 2.64. The SMILES string of the molecule is CC(C)CN(CC(C)C)C1(CN)CCSC1. The van der Waals surface area contributed by atoms with Crippen molar-refractivity contribution in [1.82, 2.24) is 4.90 Å². The molecule has 0 saturated carbocycles. The lowest BCUT2D eigenvalue weighted by Crippen LogP contribution is -2.56. The minimum atomic E-state index is 0.291. The Labute approximate surface area is 105 Å². The summed E-state index contributed by atoms with van der Waals surface area (Å²) in [6.07, 6.45) is 1.27. The Morgan fingerprint density at radius 1 is 1.19 bits per heavy atom. The van der Waals surface area contributed by atoms with Gasteiger partial charge in [0.15, 0.2) is 0 Å². The van der Waals surface area contributed by atoms with Crippen molar-refractivity contribution >= 4 is 11.8 Å². The van der Waals surface area contributed by atoms with Gasteiger partial charge in [0.2, 0.25) is 0 Å². The first-order valence-electron chi connectivity index (χ1n) is 6.53. The lowest BCUT2D eigenvalue weighted by atomic mass is 9.94. The monoisotopic (exact) mass is 244 g/mol. The van der Waals surface area contributed by atoms with Crippen LogP contribution in [0.2, 0.25) is 0 Å². The molecular formula is C13H28N2S. The third-order valence-electron chi connectivity index (χ3n) is 3.30. The molecule has 2 N–H and O–H groups in total. The molecule has 0 aromatic carbocycles. The lowest BCUT2D eigenvalue weighted by molar-refractivity contribution is 0.0876. The zero-order chi connectivity index (χ0) is 12.2. The zero-order valence-corrected chi connectivity index (χ0v) is 12.1. The van der Waals surface area contributed by atoms with Gasteiger partial charge >= 0.3 is 0 Å². The Balaban J connectivity index is 2.71. The summed E-state index contributed by atoms with van der Waals surface area (Å²) >= 11 is 2.07. The van der Waals surface area contributed by atoms with E-state index in [4.69, 9.17) is 5.73 Å². The van der Waals surface area contributed by atoms with Gasteiger partial charge in [-0.05, 0) is 24.0 Å². The molecule has 1 saturated heterocycles. The highest BCUT2D eigenvalue weighted by atomic mass is 32.2. The molecule has 2 nitrogen and oxygen atoms in total. The lowest BCUT2D eigenvalue weighted by Gasteiger charge is -2.42. The summed E-state index contributed by atoms with van der Waals surface area (Å²) in [5, 5.41) is 0. The van der Waals surface area contributed by atoms with Crippen LogP contribution in [0.25, 0.3) is 0 Å². The van der Waals surface area contributed by atoms with Crippen LogP contribution < -0.4 is 5.73 Å². The molecule has 1 rings (SSSR count). The number of rotatable bonds is 6. The van der Waals surface area contributed by atoms with Crippen molar-refractivity contribution in [2.24, 2.45) is 17.6 Å². The van der Waals surface area contributed by atoms with Gasteiger partial charge in [-0.25, -0.2) is 0 Å².